The van der Waals surface area contributed by atoms with Gasteiger partial charge < -0.3 is 16.4 Å². The smallest absolute Gasteiger partial charge is 0.243 e. The first-order valence-electron chi connectivity index (χ1n) is 11.7. The lowest BCUT2D eigenvalue weighted by atomic mass is 10.0. The van der Waals surface area contributed by atoms with Crippen LogP contribution in [0.2, 0.25) is 0 Å². The summed E-state index contributed by atoms with van der Waals surface area (Å²) in [6, 6.07) is 6.09. The maximum Gasteiger partial charge on any atom is 0.243 e. The molecule has 1 unspecified atom stereocenters. The molecule has 2 aromatic rings. The molecule has 186 valence electrons. The second kappa shape index (κ2) is 13.6. The molecule has 0 aliphatic rings. The van der Waals surface area contributed by atoms with E-state index >= 15 is 0 Å². The fraction of sp³-hybridized carbons (Fsp3) is 0.480. The van der Waals surface area contributed by atoms with E-state index in [1.807, 2.05) is 6.92 Å². The van der Waals surface area contributed by atoms with Gasteiger partial charge in [0, 0.05) is 25.2 Å². The summed E-state index contributed by atoms with van der Waals surface area (Å²) in [5.41, 5.74) is 6.72. The molecule has 0 spiro atoms. The molecule has 34 heavy (non-hydrogen) atoms. The van der Waals surface area contributed by atoms with Gasteiger partial charge in [-0.15, -0.1) is 0 Å². The molecular formula is C25H35F2N5O2. The van der Waals surface area contributed by atoms with Gasteiger partial charge in [0.25, 0.3) is 0 Å². The Kier molecular flexibility index (Phi) is 10.9. The number of nitrogens with zero attached hydrogens (tertiary/aromatic N) is 2. The van der Waals surface area contributed by atoms with Crippen molar-refractivity contribution in [3.8, 4) is 0 Å². The van der Waals surface area contributed by atoms with E-state index in [0.29, 0.717) is 17.9 Å². The molecule has 0 saturated carbocycles. The average molecular weight is 476 g/mol. The molecule has 1 aromatic carbocycles. The molecule has 7 nitrogen and oxygen atoms in total. The lowest BCUT2D eigenvalue weighted by Crippen LogP contribution is -2.51. The third-order valence-corrected chi connectivity index (χ3v) is 5.74. The van der Waals surface area contributed by atoms with Crippen LogP contribution in [0, 0.1) is 11.6 Å². The van der Waals surface area contributed by atoms with Crippen LogP contribution in [0.15, 0.2) is 36.5 Å². The zero-order valence-electron chi connectivity index (χ0n) is 20.1. The van der Waals surface area contributed by atoms with Crippen LogP contribution >= 0.6 is 0 Å². The number of halogens is 2. The van der Waals surface area contributed by atoms with Gasteiger partial charge in [0.2, 0.25) is 11.8 Å². The van der Waals surface area contributed by atoms with Crippen molar-refractivity contribution in [2.45, 2.75) is 65.1 Å². The zero-order valence-corrected chi connectivity index (χ0v) is 20.1. The van der Waals surface area contributed by atoms with Crippen molar-refractivity contribution in [1.82, 2.24) is 20.5 Å². The topological polar surface area (TPSA) is 100 Å². The standard InChI is InChI=1S/C25H35F2N5O2/c1-4-6-7-17(3)32(5-2)16-24(33)31-22(13-18-8-10-20(26)21(27)12-18)25(34)30-15-19-9-11-23(28)29-14-19/h8-12,14,17,22H,4-7,13,15-16H2,1-3H3,(H2,28,29)(H,30,34)(H,31,33)/t17?,22-/m0/s1. The highest BCUT2D eigenvalue weighted by molar-refractivity contribution is 5.88. The molecule has 0 bridgehead atoms. The van der Waals surface area contributed by atoms with E-state index in [2.05, 4.69) is 34.4 Å². The highest BCUT2D eigenvalue weighted by Gasteiger charge is 2.24. The normalized spacial score (nSPS) is 12.9. The van der Waals surface area contributed by atoms with Gasteiger partial charge in [-0.1, -0.05) is 38.8 Å². The Morgan fingerprint density at radius 1 is 1.12 bits per heavy atom. The van der Waals surface area contributed by atoms with E-state index in [0.717, 1.165) is 37.0 Å². The lowest BCUT2D eigenvalue weighted by Gasteiger charge is -2.28. The molecule has 2 rings (SSSR count). The van der Waals surface area contributed by atoms with E-state index < -0.39 is 23.6 Å². The predicted octanol–water partition coefficient (Wildman–Crippen LogP) is 3.19. The Labute approximate surface area is 200 Å². The highest BCUT2D eigenvalue weighted by atomic mass is 19.2. The minimum Gasteiger partial charge on any atom is -0.384 e. The Hall–Kier alpha value is -3.07. The molecule has 0 fully saturated rings. The minimum absolute atomic E-state index is 0.0201. The van der Waals surface area contributed by atoms with Gasteiger partial charge in [0.05, 0.1) is 6.54 Å². The largest absolute Gasteiger partial charge is 0.384 e. The number of hydrogen-bond donors (Lipinski definition) is 3. The van der Waals surface area contributed by atoms with Crippen LogP contribution in [0.3, 0.4) is 0 Å². The summed E-state index contributed by atoms with van der Waals surface area (Å²) >= 11 is 0. The van der Waals surface area contributed by atoms with Gasteiger partial charge in [-0.3, -0.25) is 14.5 Å². The zero-order chi connectivity index (χ0) is 25.1. The molecule has 2 amide bonds. The number of aromatic nitrogens is 1. The maximum atomic E-state index is 13.7. The quantitative estimate of drug-likeness (QED) is 0.413. The molecule has 1 aromatic heterocycles. The van der Waals surface area contributed by atoms with Gasteiger partial charge in [-0.2, -0.15) is 0 Å². The number of amides is 2. The van der Waals surface area contributed by atoms with Crippen molar-refractivity contribution >= 4 is 17.6 Å². The molecular weight excluding hydrogens is 440 g/mol. The second-order valence-corrected chi connectivity index (χ2v) is 8.44. The SMILES string of the molecule is CCCCC(C)N(CC)CC(=O)N[C@@H](Cc1ccc(F)c(F)c1)C(=O)NCc1ccc(N)nc1. The molecule has 9 heteroatoms. The van der Waals surface area contributed by atoms with Crippen LogP contribution in [0.25, 0.3) is 0 Å². The van der Waals surface area contributed by atoms with Gasteiger partial charge >= 0.3 is 0 Å². The highest BCUT2D eigenvalue weighted by Crippen LogP contribution is 2.12. The van der Waals surface area contributed by atoms with Gasteiger partial charge in [-0.25, -0.2) is 13.8 Å². The van der Waals surface area contributed by atoms with Crippen molar-refractivity contribution in [3.05, 3.63) is 59.3 Å². The van der Waals surface area contributed by atoms with E-state index in [-0.39, 0.29) is 31.5 Å². The number of carbonyl (C=O) groups is 2. The van der Waals surface area contributed by atoms with Crippen LogP contribution in [-0.4, -0.2) is 46.9 Å². The number of benzene rings is 1. The first-order valence-corrected chi connectivity index (χ1v) is 11.7. The fourth-order valence-corrected chi connectivity index (χ4v) is 3.65. The lowest BCUT2D eigenvalue weighted by molar-refractivity contribution is -0.129. The van der Waals surface area contributed by atoms with Crippen LogP contribution in [0.5, 0.6) is 0 Å². The number of likely N-dealkylation sites (N-methyl/N-ethyl adjacent to an activating group) is 1. The molecule has 0 aliphatic heterocycles. The Morgan fingerprint density at radius 2 is 1.85 bits per heavy atom. The van der Waals surface area contributed by atoms with Gasteiger partial charge in [0.1, 0.15) is 11.9 Å². The van der Waals surface area contributed by atoms with Crippen LogP contribution in [0.4, 0.5) is 14.6 Å². The Balaban J connectivity index is 2.09. The summed E-state index contributed by atoms with van der Waals surface area (Å²) in [6.07, 6.45) is 4.70. The van der Waals surface area contributed by atoms with Crippen LogP contribution in [0.1, 0.15) is 51.2 Å². The number of anilines is 1. The summed E-state index contributed by atoms with van der Waals surface area (Å²) < 4.78 is 27.1. The van der Waals surface area contributed by atoms with Crippen molar-refractivity contribution < 1.29 is 18.4 Å². The fourth-order valence-electron chi connectivity index (χ4n) is 3.65. The number of nitrogens with one attached hydrogen (secondary N) is 2. The number of unbranched alkanes of at least 4 members (excludes halogenated alkanes) is 1. The van der Waals surface area contributed by atoms with E-state index in [1.54, 1.807) is 18.3 Å². The number of carbonyl (C=O) groups excluding carboxylic acids is 2. The van der Waals surface area contributed by atoms with Crippen molar-refractivity contribution in [2.24, 2.45) is 0 Å². The molecule has 0 radical (unpaired) electrons. The summed E-state index contributed by atoms with van der Waals surface area (Å²) in [5.74, 6) is -2.34. The number of pyridine rings is 1. The summed E-state index contributed by atoms with van der Waals surface area (Å²) in [6.45, 7) is 7.22. The van der Waals surface area contributed by atoms with Crippen LogP contribution in [-0.2, 0) is 22.6 Å². The van der Waals surface area contributed by atoms with Crippen molar-refractivity contribution in [1.29, 1.82) is 0 Å². The summed E-state index contributed by atoms with van der Waals surface area (Å²) in [7, 11) is 0. The third kappa shape index (κ3) is 8.70. The number of hydrogen-bond acceptors (Lipinski definition) is 5. The van der Waals surface area contributed by atoms with E-state index in [4.69, 9.17) is 5.73 Å². The maximum absolute atomic E-state index is 13.7. The van der Waals surface area contributed by atoms with E-state index in [9.17, 15) is 18.4 Å². The van der Waals surface area contributed by atoms with Crippen molar-refractivity contribution in [2.75, 3.05) is 18.8 Å². The first kappa shape index (κ1) is 27.2. The monoisotopic (exact) mass is 475 g/mol. The molecule has 4 N–H and O–H groups in total. The second-order valence-electron chi connectivity index (χ2n) is 8.44. The predicted molar refractivity (Wildman–Crippen MR) is 129 cm³/mol. The number of nitrogens with two attached hydrogens (primary N) is 1. The first-order chi connectivity index (χ1) is 16.2. The van der Waals surface area contributed by atoms with Gasteiger partial charge in [-0.05, 0) is 49.2 Å². The molecule has 0 saturated heterocycles. The molecule has 1 heterocycles. The minimum atomic E-state index is -1.00. The molecule has 0 aliphatic carbocycles. The number of rotatable bonds is 13. The number of nitrogen functional groups attached to an aromatic ring is 1. The van der Waals surface area contributed by atoms with Crippen molar-refractivity contribution in [3.63, 3.8) is 0 Å². The molecule has 2 atom stereocenters. The third-order valence-electron chi connectivity index (χ3n) is 5.74. The summed E-state index contributed by atoms with van der Waals surface area (Å²) in [5, 5.41) is 5.55. The summed E-state index contributed by atoms with van der Waals surface area (Å²) in [4.78, 5) is 31.8. The Bertz CT molecular complexity index is 939. The average Bonchev–Trinajstić information content (AvgIpc) is 2.82. The Morgan fingerprint density at radius 3 is 2.47 bits per heavy atom. The van der Waals surface area contributed by atoms with Gasteiger partial charge in [0.15, 0.2) is 11.6 Å². The van der Waals surface area contributed by atoms with E-state index in [1.165, 1.54) is 6.07 Å². The van der Waals surface area contributed by atoms with Crippen LogP contribution < -0.4 is 16.4 Å².